The van der Waals surface area contributed by atoms with Crippen molar-refractivity contribution in [1.82, 2.24) is 4.90 Å². The SMILES string of the molecule is O=C1C=C(Br)C(=O)C2=C1C(c1cccc(O)c1)C1=CCC3C(=O)N(Cc4cccs4)C(=O)C3C1C2. The predicted molar refractivity (Wildman–Crippen MR) is 133 cm³/mol. The van der Waals surface area contributed by atoms with Gasteiger partial charge in [0.1, 0.15) is 5.75 Å². The summed E-state index contributed by atoms with van der Waals surface area (Å²) >= 11 is 4.73. The fourth-order valence-electron chi connectivity index (χ4n) is 6.07. The highest BCUT2D eigenvalue weighted by molar-refractivity contribution is 9.12. The highest BCUT2D eigenvalue weighted by atomic mass is 79.9. The van der Waals surface area contributed by atoms with Crippen LogP contribution < -0.4 is 0 Å². The van der Waals surface area contributed by atoms with Crippen molar-refractivity contribution in [3.63, 3.8) is 0 Å². The van der Waals surface area contributed by atoms with Crippen LogP contribution in [0.15, 0.2) is 75.1 Å². The van der Waals surface area contributed by atoms with E-state index in [0.29, 0.717) is 23.1 Å². The van der Waals surface area contributed by atoms with Gasteiger partial charge in [0.2, 0.25) is 11.8 Å². The average Bonchev–Trinajstić information content (AvgIpc) is 3.44. The van der Waals surface area contributed by atoms with E-state index < -0.39 is 17.8 Å². The molecule has 2 amide bonds. The molecule has 0 spiro atoms. The van der Waals surface area contributed by atoms with Gasteiger partial charge in [0.05, 0.1) is 22.9 Å². The van der Waals surface area contributed by atoms with Gasteiger partial charge in [-0.1, -0.05) is 29.8 Å². The molecule has 1 fully saturated rings. The van der Waals surface area contributed by atoms with E-state index in [9.17, 15) is 24.3 Å². The molecule has 1 N–H and O–H groups in total. The van der Waals surface area contributed by atoms with E-state index in [0.717, 1.165) is 10.5 Å². The Labute approximate surface area is 213 Å². The second-order valence-electron chi connectivity index (χ2n) is 9.33. The Morgan fingerprint density at radius 1 is 1.06 bits per heavy atom. The van der Waals surface area contributed by atoms with Gasteiger partial charge in [0.25, 0.3) is 0 Å². The first-order valence-electron chi connectivity index (χ1n) is 11.4. The van der Waals surface area contributed by atoms with Crippen LogP contribution >= 0.6 is 27.3 Å². The summed E-state index contributed by atoms with van der Waals surface area (Å²) in [7, 11) is 0. The average molecular weight is 550 g/mol. The molecule has 176 valence electrons. The molecule has 1 aromatic carbocycles. The number of ketones is 2. The number of Topliss-reactive ketones (excluding diaryl/α,β-unsaturated/α-hetero) is 1. The van der Waals surface area contributed by atoms with E-state index in [1.54, 1.807) is 18.2 Å². The number of thiophene rings is 1. The highest BCUT2D eigenvalue weighted by Gasteiger charge is 2.56. The number of aromatic hydroxyl groups is 1. The van der Waals surface area contributed by atoms with Crippen LogP contribution in [0.4, 0.5) is 0 Å². The third kappa shape index (κ3) is 3.42. The normalized spacial score (nSPS) is 28.0. The Kier molecular flexibility index (Phi) is 5.27. The molecule has 0 saturated carbocycles. The number of phenolic OH excluding ortho intramolecular Hbond substituents is 1. The van der Waals surface area contributed by atoms with Gasteiger partial charge in [-0.05, 0) is 63.8 Å². The summed E-state index contributed by atoms with van der Waals surface area (Å²) < 4.78 is 0.198. The number of nitrogens with zero attached hydrogens (tertiary/aromatic N) is 1. The zero-order valence-electron chi connectivity index (χ0n) is 18.4. The quantitative estimate of drug-likeness (QED) is 0.347. The second kappa shape index (κ2) is 8.24. The lowest BCUT2D eigenvalue weighted by molar-refractivity contribution is -0.140. The number of hydrogen-bond donors (Lipinski definition) is 1. The van der Waals surface area contributed by atoms with Crippen LogP contribution in [0.5, 0.6) is 5.75 Å². The van der Waals surface area contributed by atoms with E-state index in [-0.39, 0.29) is 52.5 Å². The van der Waals surface area contributed by atoms with Crippen LogP contribution in [0.25, 0.3) is 0 Å². The molecule has 4 atom stereocenters. The zero-order valence-corrected chi connectivity index (χ0v) is 20.8. The Balaban J connectivity index is 1.46. The van der Waals surface area contributed by atoms with Gasteiger partial charge in [-0.15, -0.1) is 11.3 Å². The Hall–Kier alpha value is -3.10. The minimum atomic E-state index is -0.580. The van der Waals surface area contributed by atoms with Crippen LogP contribution in [-0.4, -0.2) is 33.4 Å². The summed E-state index contributed by atoms with van der Waals surface area (Å²) in [5.41, 5.74) is 2.35. The maximum Gasteiger partial charge on any atom is 0.234 e. The van der Waals surface area contributed by atoms with Gasteiger partial charge < -0.3 is 5.11 Å². The number of likely N-dealkylation sites (tertiary alicyclic amines) is 1. The maximum absolute atomic E-state index is 13.7. The molecule has 1 saturated heterocycles. The fraction of sp³-hybridized carbons (Fsp3) is 0.259. The number of benzene rings is 1. The van der Waals surface area contributed by atoms with Crippen molar-refractivity contribution in [3.8, 4) is 5.75 Å². The van der Waals surface area contributed by atoms with Crippen LogP contribution in [-0.2, 0) is 25.7 Å². The minimum absolute atomic E-state index is 0.0570. The van der Waals surface area contributed by atoms with Crippen molar-refractivity contribution in [3.05, 3.63) is 85.6 Å². The van der Waals surface area contributed by atoms with E-state index >= 15 is 0 Å². The number of imide groups is 1. The summed E-state index contributed by atoms with van der Waals surface area (Å²) in [6, 6.07) is 10.5. The number of carbonyl (C=O) groups excluding carboxylic acids is 4. The van der Waals surface area contributed by atoms with Gasteiger partial charge in [-0.3, -0.25) is 24.1 Å². The van der Waals surface area contributed by atoms with E-state index in [2.05, 4.69) is 15.9 Å². The largest absolute Gasteiger partial charge is 0.508 e. The lowest BCUT2D eigenvalue weighted by Crippen LogP contribution is -2.39. The summed E-state index contributed by atoms with van der Waals surface area (Å²) in [6.07, 6.45) is 3.92. The number of carbonyl (C=O) groups is 4. The number of phenols is 1. The van der Waals surface area contributed by atoms with Crippen LogP contribution in [0, 0.1) is 17.8 Å². The second-order valence-corrected chi connectivity index (χ2v) is 11.2. The molecule has 35 heavy (non-hydrogen) atoms. The van der Waals surface area contributed by atoms with Gasteiger partial charge in [0, 0.05) is 28.0 Å². The van der Waals surface area contributed by atoms with Gasteiger partial charge >= 0.3 is 0 Å². The van der Waals surface area contributed by atoms with Gasteiger partial charge in [0.15, 0.2) is 11.6 Å². The number of halogens is 1. The molecule has 1 aliphatic heterocycles. The van der Waals surface area contributed by atoms with E-state index in [4.69, 9.17) is 0 Å². The molecule has 8 heteroatoms. The predicted octanol–water partition coefficient (Wildman–Crippen LogP) is 4.42. The van der Waals surface area contributed by atoms with Gasteiger partial charge in [-0.2, -0.15) is 0 Å². The first-order chi connectivity index (χ1) is 16.8. The van der Waals surface area contributed by atoms with Gasteiger partial charge in [-0.25, -0.2) is 0 Å². The lowest BCUT2D eigenvalue weighted by atomic mass is 9.59. The molecule has 3 aliphatic carbocycles. The lowest BCUT2D eigenvalue weighted by Gasteiger charge is -2.42. The molecule has 6 nitrogen and oxygen atoms in total. The number of allylic oxidation sites excluding steroid dienone is 6. The number of hydrogen-bond acceptors (Lipinski definition) is 6. The first-order valence-corrected chi connectivity index (χ1v) is 13.1. The van der Waals surface area contributed by atoms with E-state index in [1.165, 1.54) is 22.3 Å². The monoisotopic (exact) mass is 549 g/mol. The summed E-state index contributed by atoms with van der Waals surface area (Å²) in [5, 5.41) is 12.1. The zero-order chi connectivity index (χ0) is 24.4. The third-order valence-corrected chi connectivity index (χ3v) is 8.97. The van der Waals surface area contributed by atoms with Crippen LogP contribution in [0.2, 0.25) is 0 Å². The smallest absolute Gasteiger partial charge is 0.234 e. The van der Waals surface area contributed by atoms with Crippen LogP contribution in [0.1, 0.15) is 29.2 Å². The van der Waals surface area contributed by atoms with Crippen molar-refractivity contribution in [1.29, 1.82) is 0 Å². The maximum atomic E-state index is 13.7. The molecule has 0 radical (unpaired) electrons. The van der Waals surface area contributed by atoms with Crippen molar-refractivity contribution in [2.45, 2.75) is 25.3 Å². The van der Waals surface area contributed by atoms with Crippen LogP contribution in [0.3, 0.4) is 0 Å². The van der Waals surface area contributed by atoms with Crippen molar-refractivity contribution in [2.75, 3.05) is 0 Å². The molecule has 4 aliphatic rings. The molecular formula is C27H20BrNO5S. The number of rotatable bonds is 3. The fourth-order valence-corrected chi connectivity index (χ4v) is 7.21. The molecule has 0 bridgehead atoms. The number of fused-ring (bicyclic) bond motifs is 3. The van der Waals surface area contributed by atoms with Crippen molar-refractivity contribution >= 4 is 50.6 Å². The summed E-state index contributed by atoms with van der Waals surface area (Å²) in [6.45, 7) is 0.250. The Morgan fingerprint density at radius 3 is 2.63 bits per heavy atom. The molecule has 2 heterocycles. The molecule has 1 aromatic heterocycles. The first kappa shape index (κ1) is 22.4. The topological polar surface area (TPSA) is 91.8 Å². The van der Waals surface area contributed by atoms with Crippen molar-refractivity contribution < 1.29 is 24.3 Å². The summed E-state index contributed by atoms with van der Waals surface area (Å²) in [4.78, 5) is 55.6. The van der Waals surface area contributed by atoms with E-state index in [1.807, 2.05) is 29.7 Å². The summed E-state index contributed by atoms with van der Waals surface area (Å²) in [5.74, 6) is -2.84. The third-order valence-electron chi connectivity index (χ3n) is 7.52. The Morgan fingerprint density at radius 2 is 1.89 bits per heavy atom. The molecule has 2 aromatic rings. The minimum Gasteiger partial charge on any atom is -0.508 e. The molecule has 6 rings (SSSR count). The Bertz CT molecular complexity index is 1400. The highest BCUT2D eigenvalue weighted by Crippen LogP contribution is 2.55. The van der Waals surface area contributed by atoms with Crippen molar-refractivity contribution in [2.24, 2.45) is 17.8 Å². The number of amides is 2. The molecule has 4 unspecified atom stereocenters. The standard InChI is InChI=1S/C27H20BrNO5S/c28-20-11-21(31)24-19(25(20)32)10-18-16(22(24)13-3-1-4-14(30)9-13)6-7-17-23(18)27(34)29(26(17)33)12-15-5-2-8-35-15/h1-6,8-9,11,17-18,22-23,30H,7,10,12H2. The molecular weight excluding hydrogens is 530 g/mol.